The fourth-order valence-electron chi connectivity index (χ4n) is 3.07. The highest BCUT2D eigenvalue weighted by atomic mass is 19.1. The van der Waals surface area contributed by atoms with E-state index in [-0.39, 0.29) is 36.0 Å². The summed E-state index contributed by atoms with van der Waals surface area (Å²) in [4.78, 5) is 25.7. The van der Waals surface area contributed by atoms with Crippen molar-refractivity contribution in [3.63, 3.8) is 0 Å². The van der Waals surface area contributed by atoms with E-state index in [1.807, 2.05) is 6.92 Å². The largest absolute Gasteiger partial charge is 0.358 e. The van der Waals surface area contributed by atoms with Gasteiger partial charge in [-0.1, -0.05) is 25.1 Å². The zero-order valence-electron chi connectivity index (χ0n) is 14.3. The molecule has 0 aliphatic carbocycles. The fraction of sp³-hybridized carbons (Fsp3) is 0.556. The molecule has 0 spiro atoms. The molecule has 1 aliphatic heterocycles. The molecule has 5 nitrogen and oxygen atoms in total. The van der Waals surface area contributed by atoms with Gasteiger partial charge >= 0.3 is 0 Å². The van der Waals surface area contributed by atoms with Crippen molar-refractivity contribution in [2.24, 2.45) is 0 Å². The van der Waals surface area contributed by atoms with Crippen molar-refractivity contribution in [2.45, 2.75) is 38.1 Å². The van der Waals surface area contributed by atoms with Gasteiger partial charge in [-0.05, 0) is 30.4 Å². The second-order valence-corrected chi connectivity index (χ2v) is 6.42. The van der Waals surface area contributed by atoms with E-state index in [4.69, 9.17) is 0 Å². The summed E-state index contributed by atoms with van der Waals surface area (Å²) < 4.78 is 13.8. The lowest BCUT2D eigenvalue weighted by molar-refractivity contribution is -0.124. The van der Waals surface area contributed by atoms with Crippen molar-refractivity contribution in [3.05, 3.63) is 35.6 Å². The average molecular weight is 335 g/mol. The summed E-state index contributed by atoms with van der Waals surface area (Å²) in [5.74, 6) is -0.452. The van der Waals surface area contributed by atoms with Gasteiger partial charge < -0.3 is 10.6 Å². The molecule has 1 unspecified atom stereocenters. The number of amides is 2. The topological polar surface area (TPSA) is 61.4 Å². The zero-order valence-corrected chi connectivity index (χ0v) is 14.3. The van der Waals surface area contributed by atoms with E-state index in [1.165, 1.54) is 6.07 Å². The van der Waals surface area contributed by atoms with E-state index in [1.54, 1.807) is 25.2 Å². The fourth-order valence-corrected chi connectivity index (χ4v) is 3.07. The molecule has 0 aromatic heterocycles. The predicted molar refractivity (Wildman–Crippen MR) is 91.1 cm³/mol. The molecule has 24 heavy (non-hydrogen) atoms. The number of carbonyl (C=O) groups is 2. The monoisotopic (exact) mass is 335 g/mol. The minimum atomic E-state index is -0.264. The van der Waals surface area contributed by atoms with Crippen molar-refractivity contribution in [2.75, 3.05) is 26.7 Å². The van der Waals surface area contributed by atoms with Gasteiger partial charge in [0.05, 0.1) is 6.54 Å². The van der Waals surface area contributed by atoms with Gasteiger partial charge in [-0.25, -0.2) is 4.39 Å². The Balaban J connectivity index is 1.75. The summed E-state index contributed by atoms with van der Waals surface area (Å²) in [5, 5.41) is 5.65. The van der Waals surface area contributed by atoms with Crippen LogP contribution < -0.4 is 10.6 Å². The van der Waals surface area contributed by atoms with Crippen molar-refractivity contribution in [3.8, 4) is 0 Å². The number of likely N-dealkylation sites (tertiary alicyclic amines) is 1. The molecule has 0 saturated carbocycles. The predicted octanol–water partition coefficient (Wildman–Crippen LogP) is 1.65. The number of likely N-dealkylation sites (N-methyl/N-ethyl adjacent to an activating group) is 1. The van der Waals surface area contributed by atoms with Gasteiger partial charge in [-0.15, -0.1) is 0 Å². The van der Waals surface area contributed by atoms with E-state index >= 15 is 0 Å². The lowest BCUT2D eigenvalue weighted by atomic mass is 9.96. The standard InChI is InChI=1S/C18H26FN3O2/c1-13(15-5-3-4-6-16(15)19)11-17(23)21-14-7-9-22(10-8-14)12-18(24)20-2/h3-6,13-14H,7-12H2,1-2H3,(H,20,24)(H,21,23). The molecule has 1 heterocycles. The summed E-state index contributed by atoms with van der Waals surface area (Å²) in [6, 6.07) is 6.72. The van der Waals surface area contributed by atoms with Crippen molar-refractivity contribution >= 4 is 11.8 Å². The normalized spacial score (nSPS) is 17.3. The Labute approximate surface area is 142 Å². The number of halogens is 1. The number of rotatable bonds is 6. The maximum Gasteiger partial charge on any atom is 0.233 e. The van der Waals surface area contributed by atoms with Gasteiger partial charge in [0.1, 0.15) is 5.82 Å². The molecule has 2 N–H and O–H groups in total. The number of nitrogens with zero attached hydrogens (tertiary/aromatic N) is 1. The lowest BCUT2D eigenvalue weighted by Gasteiger charge is -2.32. The van der Waals surface area contributed by atoms with Crippen LogP contribution in [0, 0.1) is 5.82 Å². The summed E-state index contributed by atoms with van der Waals surface area (Å²) in [7, 11) is 1.63. The van der Waals surface area contributed by atoms with Crippen LogP contribution in [0.2, 0.25) is 0 Å². The van der Waals surface area contributed by atoms with E-state index in [0.29, 0.717) is 12.1 Å². The highest BCUT2D eigenvalue weighted by Gasteiger charge is 2.23. The first-order valence-corrected chi connectivity index (χ1v) is 8.46. The van der Waals surface area contributed by atoms with Gasteiger partial charge in [-0.3, -0.25) is 14.5 Å². The van der Waals surface area contributed by atoms with Gasteiger partial charge in [0.2, 0.25) is 11.8 Å². The van der Waals surface area contributed by atoms with Crippen LogP contribution in [0.3, 0.4) is 0 Å². The highest BCUT2D eigenvalue weighted by Crippen LogP contribution is 2.22. The summed E-state index contributed by atoms with van der Waals surface area (Å²) >= 11 is 0. The van der Waals surface area contributed by atoms with Crippen LogP contribution in [0.1, 0.15) is 37.7 Å². The molecule has 1 fully saturated rings. The van der Waals surface area contributed by atoms with Crippen LogP contribution in [0.5, 0.6) is 0 Å². The minimum Gasteiger partial charge on any atom is -0.358 e. The molecule has 2 amide bonds. The number of carbonyl (C=O) groups excluding carboxylic acids is 2. The van der Waals surface area contributed by atoms with Gasteiger partial charge in [0.25, 0.3) is 0 Å². The highest BCUT2D eigenvalue weighted by molar-refractivity contribution is 5.78. The number of piperidine rings is 1. The molecule has 1 aromatic carbocycles. The van der Waals surface area contributed by atoms with Gasteiger partial charge in [0.15, 0.2) is 0 Å². The molecule has 6 heteroatoms. The molecule has 1 saturated heterocycles. The molecule has 1 atom stereocenters. The van der Waals surface area contributed by atoms with Crippen LogP contribution in [0.25, 0.3) is 0 Å². The second-order valence-electron chi connectivity index (χ2n) is 6.42. The maximum absolute atomic E-state index is 13.8. The van der Waals surface area contributed by atoms with E-state index < -0.39 is 0 Å². The minimum absolute atomic E-state index is 0.0104. The molecule has 0 bridgehead atoms. The van der Waals surface area contributed by atoms with Crippen molar-refractivity contribution in [1.82, 2.24) is 15.5 Å². The number of hydrogen-bond donors (Lipinski definition) is 2. The smallest absolute Gasteiger partial charge is 0.233 e. The quantitative estimate of drug-likeness (QED) is 0.831. The third kappa shape index (κ3) is 5.30. The van der Waals surface area contributed by atoms with Crippen LogP contribution >= 0.6 is 0 Å². The van der Waals surface area contributed by atoms with E-state index in [0.717, 1.165) is 25.9 Å². The van der Waals surface area contributed by atoms with Crippen LogP contribution in [-0.4, -0.2) is 49.4 Å². The molecule has 1 aliphatic rings. The SMILES string of the molecule is CNC(=O)CN1CCC(NC(=O)CC(C)c2ccccc2F)CC1. The Hall–Kier alpha value is -1.95. The van der Waals surface area contributed by atoms with E-state index in [2.05, 4.69) is 15.5 Å². The Bertz CT molecular complexity index is 571. The second kappa shape index (κ2) is 8.78. The van der Waals surface area contributed by atoms with E-state index in [9.17, 15) is 14.0 Å². The molecular weight excluding hydrogens is 309 g/mol. The van der Waals surface area contributed by atoms with Crippen molar-refractivity contribution < 1.29 is 14.0 Å². The lowest BCUT2D eigenvalue weighted by Crippen LogP contribution is -2.47. The summed E-state index contributed by atoms with van der Waals surface area (Å²) in [6.07, 6.45) is 1.94. The average Bonchev–Trinajstić information content (AvgIpc) is 2.56. The summed E-state index contributed by atoms with van der Waals surface area (Å²) in [5.41, 5.74) is 0.577. The molecule has 0 radical (unpaired) electrons. The van der Waals surface area contributed by atoms with Crippen molar-refractivity contribution in [1.29, 1.82) is 0 Å². The Morgan fingerprint density at radius 3 is 2.54 bits per heavy atom. The third-order valence-electron chi connectivity index (χ3n) is 4.53. The number of hydrogen-bond acceptors (Lipinski definition) is 3. The molecular formula is C18H26FN3O2. The van der Waals surface area contributed by atoms with Crippen LogP contribution in [-0.2, 0) is 9.59 Å². The molecule has 1 aromatic rings. The molecule has 132 valence electrons. The zero-order chi connectivity index (χ0) is 17.5. The Morgan fingerprint density at radius 1 is 1.25 bits per heavy atom. The Morgan fingerprint density at radius 2 is 1.92 bits per heavy atom. The third-order valence-corrected chi connectivity index (χ3v) is 4.53. The molecule has 2 rings (SSSR count). The maximum atomic E-state index is 13.8. The summed E-state index contributed by atoms with van der Waals surface area (Å²) in [6.45, 7) is 3.86. The first kappa shape index (κ1) is 18.4. The first-order chi connectivity index (χ1) is 11.5. The Kier molecular flexibility index (Phi) is 6.73. The first-order valence-electron chi connectivity index (χ1n) is 8.46. The van der Waals surface area contributed by atoms with Gasteiger partial charge in [0, 0.05) is 32.6 Å². The number of nitrogens with one attached hydrogen (secondary N) is 2. The van der Waals surface area contributed by atoms with Gasteiger partial charge in [-0.2, -0.15) is 0 Å². The number of benzene rings is 1. The van der Waals surface area contributed by atoms with Crippen LogP contribution in [0.4, 0.5) is 4.39 Å². The van der Waals surface area contributed by atoms with Crippen LogP contribution in [0.15, 0.2) is 24.3 Å².